The van der Waals surface area contributed by atoms with Crippen LogP contribution in [0, 0.1) is 5.82 Å². The molecule has 2 N–H and O–H groups in total. The largest absolute Gasteiger partial charge is 0.396 e. The molecule has 4 heteroatoms. The lowest BCUT2D eigenvalue weighted by Gasteiger charge is -2.25. The van der Waals surface area contributed by atoms with Crippen molar-refractivity contribution in [2.24, 2.45) is 0 Å². The molecule has 106 valence electrons. The van der Waals surface area contributed by atoms with Crippen LogP contribution in [0.1, 0.15) is 37.4 Å². The summed E-state index contributed by atoms with van der Waals surface area (Å²) in [5, 5.41) is 19.0. The molecule has 1 aromatic carbocycles. The summed E-state index contributed by atoms with van der Waals surface area (Å²) in [4.78, 5) is 2.26. The van der Waals surface area contributed by atoms with E-state index in [4.69, 9.17) is 5.11 Å². The average molecular weight is 267 g/mol. The molecule has 1 unspecified atom stereocenters. The molecule has 0 bridgehead atoms. The van der Waals surface area contributed by atoms with Gasteiger partial charge in [-0.15, -0.1) is 0 Å². The first-order valence-corrected chi connectivity index (χ1v) is 6.99. The van der Waals surface area contributed by atoms with Gasteiger partial charge in [-0.2, -0.15) is 0 Å². The van der Waals surface area contributed by atoms with Crippen molar-refractivity contribution in [1.82, 2.24) is 4.90 Å². The minimum Gasteiger partial charge on any atom is -0.396 e. The van der Waals surface area contributed by atoms with Crippen molar-refractivity contribution in [3.63, 3.8) is 0 Å². The second kappa shape index (κ2) is 6.98. The van der Waals surface area contributed by atoms with Gasteiger partial charge in [0.2, 0.25) is 0 Å². The van der Waals surface area contributed by atoms with E-state index in [2.05, 4.69) is 4.90 Å². The summed E-state index contributed by atoms with van der Waals surface area (Å²) in [6, 6.07) is 6.72. The van der Waals surface area contributed by atoms with E-state index in [9.17, 15) is 9.50 Å². The number of hydrogen-bond acceptors (Lipinski definition) is 3. The topological polar surface area (TPSA) is 43.7 Å². The minimum atomic E-state index is -0.648. The molecule has 0 heterocycles. The molecule has 2 rings (SSSR count). The van der Waals surface area contributed by atoms with Crippen LogP contribution in [0.25, 0.3) is 0 Å². The maximum Gasteiger partial charge on any atom is 0.123 e. The molecule has 1 aliphatic rings. The predicted molar refractivity (Wildman–Crippen MR) is 72.3 cm³/mol. The zero-order valence-corrected chi connectivity index (χ0v) is 11.1. The molecule has 0 aliphatic heterocycles. The molecule has 1 fully saturated rings. The first-order chi connectivity index (χ1) is 9.20. The van der Waals surface area contributed by atoms with Gasteiger partial charge in [-0.3, -0.25) is 4.90 Å². The quantitative estimate of drug-likeness (QED) is 0.709. The summed E-state index contributed by atoms with van der Waals surface area (Å²) in [6.07, 6.45) is 3.43. The molecule has 0 radical (unpaired) electrons. The normalized spacial score (nSPS) is 16.8. The monoisotopic (exact) mass is 267 g/mol. The van der Waals surface area contributed by atoms with E-state index in [1.54, 1.807) is 12.1 Å². The number of benzene rings is 1. The molecule has 1 aliphatic carbocycles. The third-order valence-corrected chi connectivity index (χ3v) is 3.56. The van der Waals surface area contributed by atoms with Gasteiger partial charge in [0.15, 0.2) is 0 Å². The van der Waals surface area contributed by atoms with Crippen LogP contribution >= 0.6 is 0 Å². The van der Waals surface area contributed by atoms with Crippen LogP contribution < -0.4 is 0 Å². The average Bonchev–Trinajstić information content (AvgIpc) is 3.22. The van der Waals surface area contributed by atoms with Crippen LogP contribution in [-0.2, 0) is 0 Å². The Hall–Kier alpha value is -0.970. The second-order valence-corrected chi connectivity index (χ2v) is 5.23. The Kier molecular flexibility index (Phi) is 5.31. The highest BCUT2D eigenvalue weighted by molar-refractivity contribution is 5.19. The van der Waals surface area contributed by atoms with Gasteiger partial charge >= 0.3 is 0 Å². The maximum atomic E-state index is 13.1. The van der Waals surface area contributed by atoms with E-state index in [-0.39, 0.29) is 12.4 Å². The van der Waals surface area contributed by atoms with Crippen LogP contribution in [0.5, 0.6) is 0 Å². The minimum absolute atomic E-state index is 0.213. The lowest BCUT2D eigenvalue weighted by atomic mass is 10.1. The highest BCUT2D eigenvalue weighted by Crippen LogP contribution is 2.29. The highest BCUT2D eigenvalue weighted by Gasteiger charge is 2.30. The molecule has 0 aromatic heterocycles. The van der Waals surface area contributed by atoms with Gasteiger partial charge in [0, 0.05) is 19.2 Å². The number of unbranched alkanes of at least 4 members (excludes halogenated alkanes) is 1. The Balaban J connectivity index is 1.89. The van der Waals surface area contributed by atoms with Crippen LogP contribution in [0.4, 0.5) is 4.39 Å². The number of aliphatic hydroxyl groups excluding tert-OH is 2. The van der Waals surface area contributed by atoms with Crippen molar-refractivity contribution in [2.45, 2.75) is 37.8 Å². The van der Waals surface area contributed by atoms with Gasteiger partial charge in [-0.1, -0.05) is 12.1 Å². The summed E-state index contributed by atoms with van der Waals surface area (Å²) in [5.74, 6) is -0.310. The summed E-state index contributed by atoms with van der Waals surface area (Å²) in [6.45, 7) is 1.64. The lowest BCUT2D eigenvalue weighted by molar-refractivity contribution is 0.106. The Morgan fingerprint density at radius 3 is 2.74 bits per heavy atom. The predicted octanol–water partition coefficient (Wildman–Crippen LogP) is 2.10. The third-order valence-electron chi connectivity index (χ3n) is 3.56. The molecule has 1 atom stereocenters. The van der Waals surface area contributed by atoms with Crippen LogP contribution in [-0.4, -0.2) is 40.9 Å². The molecule has 3 nitrogen and oxygen atoms in total. The smallest absolute Gasteiger partial charge is 0.123 e. The first-order valence-electron chi connectivity index (χ1n) is 6.99. The molecule has 19 heavy (non-hydrogen) atoms. The summed E-state index contributed by atoms with van der Waals surface area (Å²) < 4.78 is 13.1. The van der Waals surface area contributed by atoms with Gasteiger partial charge in [-0.05, 0) is 49.9 Å². The van der Waals surface area contributed by atoms with Gasteiger partial charge in [-0.25, -0.2) is 4.39 Å². The van der Waals surface area contributed by atoms with Crippen molar-refractivity contribution in [3.05, 3.63) is 35.6 Å². The molecule has 0 amide bonds. The fourth-order valence-electron chi connectivity index (χ4n) is 2.33. The van der Waals surface area contributed by atoms with E-state index < -0.39 is 6.10 Å². The van der Waals surface area contributed by atoms with Crippen molar-refractivity contribution < 1.29 is 14.6 Å². The summed E-state index contributed by atoms with van der Waals surface area (Å²) >= 11 is 0. The summed E-state index contributed by atoms with van der Waals surface area (Å²) in [7, 11) is 0. The van der Waals surface area contributed by atoms with Gasteiger partial charge in [0.05, 0.1) is 6.10 Å². The Morgan fingerprint density at radius 2 is 2.11 bits per heavy atom. The SMILES string of the molecule is OCCCCN(CC(O)c1cccc(F)c1)C1CC1. The molecule has 0 spiro atoms. The fraction of sp³-hybridized carbons (Fsp3) is 0.600. The zero-order valence-electron chi connectivity index (χ0n) is 11.1. The van der Waals surface area contributed by atoms with E-state index >= 15 is 0 Å². The van der Waals surface area contributed by atoms with Crippen molar-refractivity contribution >= 4 is 0 Å². The molecular weight excluding hydrogens is 245 g/mol. The Bertz CT molecular complexity index is 395. The number of hydrogen-bond donors (Lipinski definition) is 2. The second-order valence-electron chi connectivity index (χ2n) is 5.23. The van der Waals surface area contributed by atoms with Crippen LogP contribution in [0.2, 0.25) is 0 Å². The Labute approximate surface area is 113 Å². The number of nitrogens with zero attached hydrogens (tertiary/aromatic N) is 1. The number of aliphatic hydroxyl groups is 2. The number of rotatable bonds is 8. The van der Waals surface area contributed by atoms with Crippen LogP contribution in [0.15, 0.2) is 24.3 Å². The third kappa shape index (κ3) is 4.56. The maximum absolute atomic E-state index is 13.1. The zero-order chi connectivity index (χ0) is 13.7. The van der Waals surface area contributed by atoms with Crippen molar-refractivity contribution in [3.8, 4) is 0 Å². The molecule has 1 saturated carbocycles. The molecular formula is C15H22FNO2. The van der Waals surface area contributed by atoms with Crippen molar-refractivity contribution in [2.75, 3.05) is 19.7 Å². The Morgan fingerprint density at radius 1 is 1.32 bits per heavy atom. The van der Waals surface area contributed by atoms with E-state index in [1.165, 1.54) is 25.0 Å². The highest BCUT2D eigenvalue weighted by atomic mass is 19.1. The van der Waals surface area contributed by atoms with Gasteiger partial charge < -0.3 is 10.2 Å². The lowest BCUT2D eigenvalue weighted by Crippen LogP contribution is -2.32. The standard InChI is InChI=1S/C15H22FNO2/c16-13-5-3-4-12(10-13)15(19)11-17(14-6-7-14)8-1-2-9-18/h3-5,10,14-15,18-19H,1-2,6-9,11H2. The molecule has 0 saturated heterocycles. The molecule has 1 aromatic rings. The van der Waals surface area contributed by atoms with Crippen molar-refractivity contribution in [1.29, 1.82) is 0 Å². The van der Waals surface area contributed by atoms with Crippen LogP contribution in [0.3, 0.4) is 0 Å². The summed E-state index contributed by atoms with van der Waals surface area (Å²) in [5.41, 5.74) is 0.632. The van der Waals surface area contributed by atoms with Gasteiger partial charge in [0.1, 0.15) is 5.82 Å². The fourth-order valence-corrected chi connectivity index (χ4v) is 2.33. The van der Waals surface area contributed by atoms with Gasteiger partial charge in [0.25, 0.3) is 0 Å². The van der Waals surface area contributed by atoms with E-state index in [1.807, 2.05) is 0 Å². The first kappa shape index (κ1) is 14.4. The van der Waals surface area contributed by atoms with E-state index in [0.717, 1.165) is 19.4 Å². The number of halogens is 1. The van der Waals surface area contributed by atoms with E-state index in [0.29, 0.717) is 18.2 Å².